The molecule has 0 amide bonds. The molecule has 1 atom stereocenters. The van der Waals surface area contributed by atoms with Crippen LogP contribution in [-0.4, -0.2) is 50.4 Å². The number of morpholine rings is 1. The first kappa shape index (κ1) is 14.2. The van der Waals surface area contributed by atoms with Crippen LogP contribution in [0.15, 0.2) is 24.5 Å². The summed E-state index contributed by atoms with van der Waals surface area (Å²) in [4.78, 5) is 10.9. The molecule has 0 bridgehead atoms. The zero-order valence-electron chi connectivity index (χ0n) is 12.6. The molecule has 112 valence electrons. The summed E-state index contributed by atoms with van der Waals surface area (Å²) in [7, 11) is 0. The Labute approximate surface area is 124 Å². The van der Waals surface area contributed by atoms with Crippen LogP contribution in [0.3, 0.4) is 0 Å². The highest BCUT2D eigenvalue weighted by molar-refractivity contribution is 5.08. The van der Waals surface area contributed by atoms with E-state index >= 15 is 0 Å². The number of ether oxygens (including phenoxy) is 1. The highest BCUT2D eigenvalue weighted by atomic mass is 16.5. The van der Waals surface area contributed by atoms with E-state index in [2.05, 4.69) is 26.0 Å². The molecular weight excluding hydrogens is 266 g/mol. The first-order valence-electron chi connectivity index (χ1n) is 7.31. The summed E-state index contributed by atoms with van der Waals surface area (Å²) in [6, 6.07) is 4.09. The monoisotopic (exact) mass is 287 g/mol. The van der Waals surface area contributed by atoms with E-state index in [1.165, 1.54) is 5.56 Å². The molecule has 0 aromatic carbocycles. The molecule has 1 aliphatic heterocycles. The lowest BCUT2D eigenvalue weighted by atomic mass is 10.2. The number of pyridine rings is 1. The van der Waals surface area contributed by atoms with Gasteiger partial charge in [0.25, 0.3) is 0 Å². The van der Waals surface area contributed by atoms with Crippen molar-refractivity contribution in [2.45, 2.75) is 33.0 Å². The molecule has 21 heavy (non-hydrogen) atoms. The van der Waals surface area contributed by atoms with Crippen molar-refractivity contribution in [1.29, 1.82) is 0 Å². The average Bonchev–Trinajstić information content (AvgIpc) is 2.78. The van der Waals surface area contributed by atoms with Gasteiger partial charge < -0.3 is 4.74 Å². The van der Waals surface area contributed by atoms with Crippen molar-refractivity contribution < 1.29 is 4.74 Å². The third kappa shape index (κ3) is 3.65. The molecule has 0 saturated carbocycles. The van der Waals surface area contributed by atoms with E-state index in [9.17, 15) is 0 Å². The van der Waals surface area contributed by atoms with Crippen LogP contribution in [0.5, 0.6) is 0 Å². The van der Waals surface area contributed by atoms with Crippen molar-refractivity contribution in [2.75, 3.05) is 19.7 Å². The largest absolute Gasteiger partial charge is 0.374 e. The fourth-order valence-corrected chi connectivity index (χ4v) is 2.71. The molecular formula is C15H21N5O. The normalized spacial score (nSPS) is 19.8. The number of hydrogen-bond acceptors (Lipinski definition) is 5. The molecule has 0 aliphatic carbocycles. The Morgan fingerprint density at radius 3 is 3.00 bits per heavy atom. The molecule has 0 N–H and O–H groups in total. The molecule has 3 heterocycles. The highest BCUT2D eigenvalue weighted by Gasteiger charge is 2.22. The van der Waals surface area contributed by atoms with Crippen LogP contribution in [0.25, 0.3) is 0 Å². The minimum absolute atomic E-state index is 0.162. The molecule has 1 saturated heterocycles. The van der Waals surface area contributed by atoms with Crippen LogP contribution in [0, 0.1) is 13.8 Å². The summed E-state index contributed by atoms with van der Waals surface area (Å²) in [6.45, 7) is 8.21. The maximum Gasteiger partial charge on any atom is 0.147 e. The Kier molecular flexibility index (Phi) is 4.26. The Hall–Kier alpha value is -1.79. The smallest absolute Gasteiger partial charge is 0.147 e. The first-order valence-corrected chi connectivity index (χ1v) is 7.31. The van der Waals surface area contributed by atoms with Crippen LogP contribution >= 0.6 is 0 Å². The minimum atomic E-state index is 0.162. The second kappa shape index (κ2) is 6.32. The van der Waals surface area contributed by atoms with Crippen LogP contribution in [-0.2, 0) is 17.8 Å². The molecule has 0 radical (unpaired) electrons. The lowest BCUT2D eigenvalue weighted by Crippen LogP contribution is -2.44. The van der Waals surface area contributed by atoms with Gasteiger partial charge in [-0.2, -0.15) is 5.10 Å². The molecule has 1 aliphatic rings. The number of hydrogen-bond donors (Lipinski definition) is 0. The van der Waals surface area contributed by atoms with E-state index in [0.717, 1.165) is 44.4 Å². The predicted octanol–water partition coefficient (Wildman–Crippen LogP) is 1.19. The first-order chi connectivity index (χ1) is 10.2. The zero-order chi connectivity index (χ0) is 14.7. The predicted molar refractivity (Wildman–Crippen MR) is 78.8 cm³/mol. The zero-order valence-corrected chi connectivity index (χ0v) is 12.6. The molecule has 6 heteroatoms. The van der Waals surface area contributed by atoms with Crippen LogP contribution in [0.2, 0.25) is 0 Å². The molecule has 3 rings (SSSR count). The molecule has 2 aromatic heterocycles. The van der Waals surface area contributed by atoms with Gasteiger partial charge in [0, 0.05) is 32.0 Å². The summed E-state index contributed by atoms with van der Waals surface area (Å²) < 4.78 is 7.81. The summed E-state index contributed by atoms with van der Waals surface area (Å²) in [5, 5.41) is 4.41. The van der Waals surface area contributed by atoms with Crippen LogP contribution in [0.1, 0.15) is 17.2 Å². The molecule has 0 unspecified atom stereocenters. The lowest BCUT2D eigenvalue weighted by molar-refractivity contribution is -0.0405. The van der Waals surface area contributed by atoms with Gasteiger partial charge in [-0.05, 0) is 25.5 Å². The van der Waals surface area contributed by atoms with Crippen molar-refractivity contribution in [3.63, 3.8) is 0 Å². The average molecular weight is 287 g/mol. The quantitative estimate of drug-likeness (QED) is 0.845. The van der Waals surface area contributed by atoms with Crippen molar-refractivity contribution in [2.24, 2.45) is 0 Å². The number of aromatic nitrogens is 4. The van der Waals surface area contributed by atoms with Gasteiger partial charge in [0.05, 0.1) is 19.3 Å². The second-order valence-corrected chi connectivity index (χ2v) is 5.48. The van der Waals surface area contributed by atoms with Gasteiger partial charge in [-0.15, -0.1) is 0 Å². The highest BCUT2D eigenvalue weighted by Crippen LogP contribution is 2.12. The van der Waals surface area contributed by atoms with Crippen molar-refractivity contribution >= 4 is 0 Å². The van der Waals surface area contributed by atoms with E-state index < -0.39 is 0 Å². The van der Waals surface area contributed by atoms with Gasteiger partial charge in [-0.1, -0.05) is 6.07 Å². The maximum absolute atomic E-state index is 5.87. The van der Waals surface area contributed by atoms with Crippen LogP contribution in [0.4, 0.5) is 0 Å². The van der Waals surface area contributed by atoms with Crippen molar-refractivity contribution in [3.8, 4) is 0 Å². The Morgan fingerprint density at radius 2 is 2.29 bits per heavy atom. The van der Waals surface area contributed by atoms with Crippen LogP contribution < -0.4 is 0 Å². The fourth-order valence-electron chi connectivity index (χ4n) is 2.71. The van der Waals surface area contributed by atoms with E-state index in [-0.39, 0.29) is 6.10 Å². The Morgan fingerprint density at radius 1 is 1.38 bits per heavy atom. The van der Waals surface area contributed by atoms with Gasteiger partial charge in [0.15, 0.2) is 0 Å². The topological polar surface area (TPSA) is 56.1 Å². The molecule has 2 aromatic rings. The van der Waals surface area contributed by atoms with E-state index in [1.807, 2.05) is 30.8 Å². The van der Waals surface area contributed by atoms with E-state index in [0.29, 0.717) is 0 Å². The van der Waals surface area contributed by atoms with E-state index in [4.69, 9.17) is 4.74 Å². The number of rotatable bonds is 4. The molecule has 6 nitrogen and oxygen atoms in total. The third-order valence-electron chi connectivity index (χ3n) is 3.69. The third-order valence-corrected chi connectivity index (χ3v) is 3.69. The van der Waals surface area contributed by atoms with Gasteiger partial charge in [0.2, 0.25) is 0 Å². The minimum Gasteiger partial charge on any atom is -0.374 e. The number of aryl methyl sites for hydroxylation is 2. The standard InChI is InChI=1S/C15H21N5O/c1-12-17-13(2)20(18-12)11-15-10-19(6-7-21-15)9-14-4-3-5-16-8-14/h3-5,8,15H,6-7,9-11H2,1-2H3/t15-/m1/s1. The second-order valence-electron chi connectivity index (χ2n) is 5.48. The molecule has 1 fully saturated rings. The fraction of sp³-hybridized carbons (Fsp3) is 0.533. The summed E-state index contributed by atoms with van der Waals surface area (Å²) in [5.41, 5.74) is 1.24. The lowest BCUT2D eigenvalue weighted by Gasteiger charge is -2.32. The Bertz CT molecular complexity index is 583. The van der Waals surface area contributed by atoms with Gasteiger partial charge in [0.1, 0.15) is 11.6 Å². The SMILES string of the molecule is Cc1nc(C)n(C[C@H]2CN(Cc3cccnc3)CCO2)n1. The van der Waals surface area contributed by atoms with E-state index in [1.54, 1.807) is 6.20 Å². The Balaban J connectivity index is 1.59. The van der Waals surface area contributed by atoms with Crippen molar-refractivity contribution in [3.05, 3.63) is 41.7 Å². The maximum atomic E-state index is 5.87. The van der Waals surface area contributed by atoms with Gasteiger partial charge in [-0.3, -0.25) is 9.88 Å². The summed E-state index contributed by atoms with van der Waals surface area (Å²) in [5.74, 6) is 1.76. The van der Waals surface area contributed by atoms with Gasteiger partial charge in [-0.25, -0.2) is 9.67 Å². The molecule has 0 spiro atoms. The van der Waals surface area contributed by atoms with Crippen molar-refractivity contribution in [1.82, 2.24) is 24.6 Å². The summed E-state index contributed by atoms with van der Waals surface area (Å²) >= 11 is 0. The summed E-state index contributed by atoms with van der Waals surface area (Å²) in [6.07, 6.45) is 3.90. The van der Waals surface area contributed by atoms with Gasteiger partial charge >= 0.3 is 0 Å². The number of nitrogens with zero attached hydrogens (tertiary/aromatic N) is 5.